The first kappa shape index (κ1) is 24.2. The van der Waals surface area contributed by atoms with Crippen molar-refractivity contribution in [2.75, 3.05) is 26.3 Å². The largest absolute Gasteiger partial charge is 0.457 e. The molecule has 1 amide bonds. The highest BCUT2D eigenvalue weighted by molar-refractivity contribution is 5.86. The average Bonchev–Trinajstić information content (AvgIpc) is 3.43. The molecular weight excluding hydrogens is 442 g/mol. The Labute approximate surface area is 197 Å². The number of carbonyl (C=O) groups excluding carboxylic acids is 2. The van der Waals surface area contributed by atoms with Gasteiger partial charge < -0.3 is 18.9 Å². The first-order valence-corrected chi connectivity index (χ1v) is 12.1. The fourth-order valence-electron chi connectivity index (χ4n) is 4.95. The lowest BCUT2D eigenvalue weighted by molar-refractivity contribution is -0.161. The molecule has 1 aliphatic carbocycles. The maximum Gasteiger partial charge on any atom is 0.330 e. The van der Waals surface area contributed by atoms with Crippen LogP contribution in [0.2, 0.25) is 0 Å². The number of ether oxygens (including phenoxy) is 2. The van der Waals surface area contributed by atoms with Crippen LogP contribution in [0.15, 0.2) is 9.59 Å². The number of unbranched alkanes of at least 4 members (excludes halogenated alkanes) is 1. The highest BCUT2D eigenvalue weighted by atomic mass is 16.5. The molecule has 34 heavy (non-hydrogen) atoms. The van der Waals surface area contributed by atoms with Gasteiger partial charge in [-0.2, -0.15) is 0 Å². The Balaban J connectivity index is 1.53. The normalized spacial score (nSPS) is 17.9. The van der Waals surface area contributed by atoms with Crippen LogP contribution in [0.5, 0.6) is 0 Å². The van der Waals surface area contributed by atoms with E-state index in [1.165, 1.54) is 4.57 Å². The summed E-state index contributed by atoms with van der Waals surface area (Å²) in [7, 11) is 1.66. The zero-order valence-corrected chi connectivity index (χ0v) is 19.9. The molecule has 1 N–H and O–H groups in total. The first-order chi connectivity index (χ1) is 16.4. The number of esters is 1. The van der Waals surface area contributed by atoms with E-state index in [0.29, 0.717) is 51.5 Å². The Morgan fingerprint density at radius 1 is 1.18 bits per heavy atom. The summed E-state index contributed by atoms with van der Waals surface area (Å²) in [5.74, 6) is -0.0790. The predicted octanol–water partition coefficient (Wildman–Crippen LogP) is 1.08. The number of morpholine rings is 1. The number of aromatic amines is 1. The van der Waals surface area contributed by atoms with Gasteiger partial charge in [0.2, 0.25) is 5.91 Å². The molecule has 0 radical (unpaired) electrons. The van der Waals surface area contributed by atoms with Crippen molar-refractivity contribution < 1.29 is 19.1 Å². The summed E-state index contributed by atoms with van der Waals surface area (Å²) in [5, 5.41) is 0. The van der Waals surface area contributed by atoms with Crippen LogP contribution < -0.4 is 11.2 Å². The summed E-state index contributed by atoms with van der Waals surface area (Å²) in [6.45, 7) is 4.41. The summed E-state index contributed by atoms with van der Waals surface area (Å²) >= 11 is 0. The van der Waals surface area contributed by atoms with E-state index in [-0.39, 0.29) is 30.1 Å². The van der Waals surface area contributed by atoms with E-state index in [1.54, 1.807) is 16.5 Å². The molecule has 3 heterocycles. The van der Waals surface area contributed by atoms with Crippen molar-refractivity contribution in [3.63, 3.8) is 0 Å². The summed E-state index contributed by atoms with van der Waals surface area (Å²) in [5.41, 5.74) is -1.31. The van der Waals surface area contributed by atoms with Gasteiger partial charge in [-0.1, -0.05) is 26.2 Å². The molecule has 2 aromatic heterocycles. The van der Waals surface area contributed by atoms with Crippen LogP contribution in [0.4, 0.5) is 0 Å². The van der Waals surface area contributed by atoms with E-state index in [1.807, 2.05) is 6.92 Å². The maximum atomic E-state index is 13.2. The molecule has 2 fully saturated rings. The molecule has 1 saturated heterocycles. The number of rotatable bonds is 8. The Kier molecular flexibility index (Phi) is 7.20. The number of imidazole rings is 1. The lowest BCUT2D eigenvalue weighted by Gasteiger charge is -2.32. The van der Waals surface area contributed by atoms with Crippen molar-refractivity contribution in [1.29, 1.82) is 0 Å². The third kappa shape index (κ3) is 4.66. The van der Waals surface area contributed by atoms with E-state index in [0.717, 1.165) is 25.7 Å². The van der Waals surface area contributed by atoms with E-state index in [9.17, 15) is 19.2 Å². The number of aryl methyl sites for hydroxylation is 2. The van der Waals surface area contributed by atoms with Gasteiger partial charge in [0.15, 0.2) is 11.2 Å². The van der Waals surface area contributed by atoms with Crippen LogP contribution in [0, 0.1) is 5.41 Å². The van der Waals surface area contributed by atoms with Gasteiger partial charge in [-0.05, 0) is 19.3 Å². The molecule has 0 unspecified atom stereocenters. The number of amides is 1. The summed E-state index contributed by atoms with van der Waals surface area (Å²) in [4.78, 5) is 59.5. The standard InChI is InChI=1S/C23H33N5O6/c1-3-4-9-28-19-18(20(30)25-22(28)32)26(2)16(24-19)15-34-21(31)23(7-5-6-8-23)14-17(29)27-10-12-33-13-11-27/h3-15H2,1-2H3,(H,25,30,32). The van der Waals surface area contributed by atoms with Gasteiger partial charge in [0, 0.05) is 33.1 Å². The number of nitrogens with one attached hydrogen (secondary N) is 1. The van der Waals surface area contributed by atoms with E-state index in [4.69, 9.17) is 9.47 Å². The molecule has 0 aromatic carbocycles. The number of aromatic nitrogens is 4. The summed E-state index contributed by atoms with van der Waals surface area (Å²) in [6, 6.07) is 0. The molecule has 0 spiro atoms. The predicted molar refractivity (Wildman–Crippen MR) is 123 cm³/mol. The Hall–Kier alpha value is -2.95. The molecule has 11 heteroatoms. The number of hydrogen-bond donors (Lipinski definition) is 1. The average molecular weight is 476 g/mol. The molecule has 0 atom stereocenters. The minimum atomic E-state index is -0.833. The van der Waals surface area contributed by atoms with Gasteiger partial charge in [0.05, 0.1) is 18.6 Å². The highest BCUT2D eigenvalue weighted by Crippen LogP contribution is 2.43. The lowest BCUT2D eigenvalue weighted by Crippen LogP contribution is -2.44. The van der Waals surface area contributed by atoms with Crippen LogP contribution in [-0.4, -0.2) is 62.2 Å². The van der Waals surface area contributed by atoms with Crippen LogP contribution >= 0.6 is 0 Å². The Bertz CT molecular complexity index is 1170. The molecule has 1 saturated carbocycles. The smallest absolute Gasteiger partial charge is 0.330 e. The molecule has 11 nitrogen and oxygen atoms in total. The van der Waals surface area contributed by atoms with Gasteiger partial charge in [-0.15, -0.1) is 0 Å². The van der Waals surface area contributed by atoms with Crippen molar-refractivity contribution >= 4 is 23.0 Å². The van der Waals surface area contributed by atoms with Gasteiger partial charge in [-0.25, -0.2) is 9.78 Å². The Morgan fingerprint density at radius 3 is 2.56 bits per heavy atom. The minimum Gasteiger partial charge on any atom is -0.457 e. The third-order valence-electron chi connectivity index (χ3n) is 7.02. The van der Waals surface area contributed by atoms with Crippen molar-refractivity contribution in [2.24, 2.45) is 12.5 Å². The quantitative estimate of drug-likeness (QED) is 0.566. The molecule has 0 bridgehead atoms. The molecule has 4 rings (SSSR count). The zero-order valence-electron chi connectivity index (χ0n) is 19.9. The highest BCUT2D eigenvalue weighted by Gasteiger charge is 2.45. The monoisotopic (exact) mass is 475 g/mol. The van der Waals surface area contributed by atoms with Crippen molar-refractivity contribution in [2.45, 2.75) is 65.0 Å². The van der Waals surface area contributed by atoms with Crippen molar-refractivity contribution in [3.8, 4) is 0 Å². The molecule has 1 aliphatic heterocycles. The van der Waals surface area contributed by atoms with Crippen molar-refractivity contribution in [1.82, 2.24) is 24.0 Å². The van der Waals surface area contributed by atoms with E-state index >= 15 is 0 Å². The van der Waals surface area contributed by atoms with Crippen LogP contribution in [0.3, 0.4) is 0 Å². The SMILES string of the molecule is CCCCn1c(=O)[nH]c(=O)c2c1nc(COC(=O)C1(CC(=O)N3CCOCC3)CCCC1)n2C. The number of nitrogens with zero attached hydrogens (tertiary/aromatic N) is 4. The second-order valence-electron chi connectivity index (χ2n) is 9.26. The fourth-order valence-corrected chi connectivity index (χ4v) is 4.95. The lowest BCUT2D eigenvalue weighted by atomic mass is 9.82. The molecule has 186 valence electrons. The van der Waals surface area contributed by atoms with Crippen LogP contribution in [0.1, 0.15) is 57.7 Å². The molecular formula is C23H33N5O6. The number of H-pyrrole nitrogens is 1. The van der Waals surface area contributed by atoms with Crippen molar-refractivity contribution in [3.05, 3.63) is 26.7 Å². The molecule has 2 aliphatic rings. The van der Waals surface area contributed by atoms with Gasteiger partial charge >= 0.3 is 11.7 Å². The summed E-state index contributed by atoms with van der Waals surface area (Å²) in [6.07, 6.45) is 4.75. The fraction of sp³-hybridized carbons (Fsp3) is 0.696. The number of carbonyl (C=O) groups is 2. The number of hydrogen-bond acceptors (Lipinski definition) is 7. The third-order valence-corrected chi connectivity index (χ3v) is 7.02. The molecule has 2 aromatic rings. The Morgan fingerprint density at radius 2 is 1.88 bits per heavy atom. The van der Waals surface area contributed by atoms with E-state index in [2.05, 4.69) is 9.97 Å². The van der Waals surface area contributed by atoms with Crippen LogP contribution in [0.25, 0.3) is 11.2 Å². The maximum absolute atomic E-state index is 13.2. The topological polar surface area (TPSA) is 129 Å². The van der Waals surface area contributed by atoms with Gasteiger partial charge in [0.1, 0.15) is 12.4 Å². The van der Waals surface area contributed by atoms with Crippen LogP contribution in [-0.2, 0) is 39.3 Å². The van der Waals surface area contributed by atoms with E-state index < -0.39 is 22.6 Å². The van der Waals surface area contributed by atoms with Gasteiger partial charge in [0.25, 0.3) is 5.56 Å². The summed E-state index contributed by atoms with van der Waals surface area (Å²) < 4.78 is 14.0. The second kappa shape index (κ2) is 10.1. The second-order valence-corrected chi connectivity index (χ2v) is 9.26. The number of fused-ring (bicyclic) bond motifs is 1. The van der Waals surface area contributed by atoms with Gasteiger partial charge in [-0.3, -0.25) is 23.9 Å². The first-order valence-electron chi connectivity index (χ1n) is 12.1. The zero-order chi connectivity index (χ0) is 24.3. The minimum absolute atomic E-state index is 0.0450.